The molecule has 0 radical (unpaired) electrons. The summed E-state index contributed by atoms with van der Waals surface area (Å²) in [6.45, 7) is 6.66. The molecule has 2 aromatic carbocycles. The van der Waals surface area contributed by atoms with Crippen LogP contribution in [0.15, 0.2) is 72.0 Å². The third-order valence-corrected chi connectivity index (χ3v) is 4.62. The maximum atomic E-state index is 13.3. The molecular weight excluding hydrogens is 520 g/mol. The Kier molecular flexibility index (Phi) is 11.0. The lowest BCUT2D eigenvalue weighted by Crippen LogP contribution is -2.39. The summed E-state index contributed by atoms with van der Waals surface area (Å²) in [7, 11) is 0. The van der Waals surface area contributed by atoms with E-state index >= 15 is 0 Å². The molecule has 0 spiro atoms. The molecule has 172 valence electrons. The smallest absolute Gasteiger partial charge is 0.191 e. The summed E-state index contributed by atoms with van der Waals surface area (Å²) in [4.78, 5) is 9.08. The minimum absolute atomic E-state index is 0. The van der Waals surface area contributed by atoms with Gasteiger partial charge in [-0.25, -0.2) is 14.4 Å². The fourth-order valence-electron chi connectivity index (χ4n) is 3.16. The van der Waals surface area contributed by atoms with Crippen molar-refractivity contribution in [3.8, 4) is 5.75 Å². The molecule has 6 nitrogen and oxygen atoms in total. The number of benzene rings is 2. The van der Waals surface area contributed by atoms with E-state index in [4.69, 9.17) is 4.74 Å². The number of guanidine groups is 1. The van der Waals surface area contributed by atoms with E-state index in [9.17, 15) is 4.39 Å². The van der Waals surface area contributed by atoms with E-state index < -0.39 is 0 Å². The number of hydrogen-bond donors (Lipinski definition) is 2. The van der Waals surface area contributed by atoms with E-state index in [1.54, 1.807) is 12.1 Å². The van der Waals surface area contributed by atoms with Crippen LogP contribution < -0.4 is 15.4 Å². The van der Waals surface area contributed by atoms with Gasteiger partial charge in [-0.3, -0.25) is 0 Å². The Bertz CT molecular complexity index is 964. The highest BCUT2D eigenvalue weighted by molar-refractivity contribution is 14.0. The minimum atomic E-state index is -0.311. The van der Waals surface area contributed by atoms with Crippen molar-refractivity contribution in [3.05, 3.63) is 84.2 Å². The second kappa shape index (κ2) is 13.7. The van der Waals surface area contributed by atoms with E-state index in [0.29, 0.717) is 18.8 Å². The summed E-state index contributed by atoms with van der Waals surface area (Å²) in [5.41, 5.74) is 1.25. The van der Waals surface area contributed by atoms with Crippen molar-refractivity contribution in [3.63, 3.8) is 0 Å². The summed E-state index contributed by atoms with van der Waals surface area (Å²) in [6.07, 6.45) is 4.44. The number of aromatic nitrogens is 2. The van der Waals surface area contributed by atoms with Crippen LogP contribution in [0.3, 0.4) is 0 Å². The second-order valence-corrected chi connectivity index (χ2v) is 7.24. The first-order chi connectivity index (χ1) is 15.1. The van der Waals surface area contributed by atoms with Crippen molar-refractivity contribution >= 4 is 29.9 Å². The van der Waals surface area contributed by atoms with Crippen molar-refractivity contribution in [2.75, 3.05) is 19.6 Å². The summed E-state index contributed by atoms with van der Waals surface area (Å²) in [6, 6.07) is 16.5. The van der Waals surface area contributed by atoms with Crippen LogP contribution in [0.5, 0.6) is 5.75 Å². The number of aliphatic imine (C=N–C) groups is 1. The Morgan fingerprint density at radius 1 is 1.16 bits per heavy atom. The fraction of sp³-hybridized carbons (Fsp3) is 0.333. The third-order valence-electron chi connectivity index (χ3n) is 4.62. The lowest BCUT2D eigenvalue weighted by Gasteiger charge is -2.15. The third kappa shape index (κ3) is 8.49. The number of ether oxygens (including phenoxy) is 1. The van der Waals surface area contributed by atoms with Crippen LogP contribution >= 0.6 is 24.0 Å². The van der Waals surface area contributed by atoms with Gasteiger partial charge < -0.3 is 19.9 Å². The van der Waals surface area contributed by atoms with Crippen molar-refractivity contribution in [2.24, 2.45) is 4.99 Å². The number of halogens is 2. The number of hydrogen-bond acceptors (Lipinski definition) is 3. The van der Waals surface area contributed by atoms with Crippen LogP contribution in [0.25, 0.3) is 0 Å². The molecule has 2 N–H and O–H groups in total. The predicted octanol–water partition coefficient (Wildman–Crippen LogP) is 4.25. The first kappa shape index (κ1) is 25.6. The van der Waals surface area contributed by atoms with Gasteiger partial charge in [0.15, 0.2) is 5.96 Å². The molecule has 0 aliphatic rings. The molecule has 0 saturated heterocycles. The maximum Gasteiger partial charge on any atom is 0.191 e. The molecule has 3 rings (SSSR count). The molecule has 8 heteroatoms. The fourth-order valence-corrected chi connectivity index (χ4v) is 3.16. The lowest BCUT2D eigenvalue weighted by molar-refractivity contribution is 0.229. The lowest BCUT2D eigenvalue weighted by atomic mass is 10.2. The first-order valence-corrected chi connectivity index (χ1v) is 10.6. The Balaban J connectivity index is 0.00000363. The number of nitrogens with one attached hydrogen (secondary N) is 2. The molecule has 0 aliphatic heterocycles. The topological polar surface area (TPSA) is 63.5 Å². The Hall–Kier alpha value is -2.62. The van der Waals surface area contributed by atoms with Crippen LogP contribution in [0.2, 0.25) is 0 Å². The molecule has 0 saturated carbocycles. The standard InChI is InChI=1S/C24H30FN5O.HI/c1-3-26-24(29-17-19(2)31-22-11-7-10-21(25)16-22)28-13-12-23-27-14-15-30(23)18-20-8-5-4-6-9-20;/h4-11,14-16,19H,3,12-13,17-18H2,1-2H3,(H2,26,28,29);1H. The average molecular weight is 551 g/mol. The van der Waals surface area contributed by atoms with E-state index in [0.717, 1.165) is 31.3 Å². The normalized spacial score (nSPS) is 12.0. The summed E-state index contributed by atoms with van der Waals surface area (Å²) < 4.78 is 21.2. The second-order valence-electron chi connectivity index (χ2n) is 7.24. The van der Waals surface area contributed by atoms with Gasteiger partial charge in [0, 0.05) is 44.5 Å². The number of nitrogens with zero attached hydrogens (tertiary/aromatic N) is 3. The van der Waals surface area contributed by atoms with E-state index in [-0.39, 0.29) is 35.9 Å². The van der Waals surface area contributed by atoms with Crippen molar-refractivity contribution in [1.29, 1.82) is 0 Å². The van der Waals surface area contributed by atoms with E-state index in [2.05, 4.69) is 37.3 Å². The summed E-state index contributed by atoms with van der Waals surface area (Å²) in [5, 5.41) is 6.59. The van der Waals surface area contributed by atoms with Gasteiger partial charge in [-0.2, -0.15) is 0 Å². The monoisotopic (exact) mass is 551 g/mol. The zero-order valence-corrected chi connectivity index (χ0v) is 20.8. The van der Waals surface area contributed by atoms with Gasteiger partial charge in [-0.05, 0) is 31.5 Å². The Morgan fingerprint density at radius 3 is 2.72 bits per heavy atom. The summed E-state index contributed by atoms with van der Waals surface area (Å²) in [5.74, 6) is 1.94. The van der Waals surface area contributed by atoms with Crippen LogP contribution in [0.4, 0.5) is 4.39 Å². The van der Waals surface area contributed by atoms with Crippen molar-refractivity contribution < 1.29 is 9.13 Å². The number of rotatable bonds is 10. The zero-order chi connectivity index (χ0) is 21.9. The highest BCUT2D eigenvalue weighted by Gasteiger charge is 2.07. The average Bonchev–Trinajstić information content (AvgIpc) is 3.19. The molecule has 1 heterocycles. The van der Waals surface area contributed by atoms with Gasteiger partial charge in [-0.1, -0.05) is 36.4 Å². The Morgan fingerprint density at radius 2 is 1.97 bits per heavy atom. The highest BCUT2D eigenvalue weighted by Crippen LogP contribution is 2.13. The summed E-state index contributed by atoms with van der Waals surface area (Å²) >= 11 is 0. The Labute approximate surface area is 206 Å². The van der Waals surface area contributed by atoms with E-state index in [1.165, 1.54) is 17.7 Å². The van der Waals surface area contributed by atoms with Gasteiger partial charge in [0.1, 0.15) is 23.5 Å². The van der Waals surface area contributed by atoms with Crippen LogP contribution in [0, 0.1) is 5.82 Å². The first-order valence-electron chi connectivity index (χ1n) is 10.6. The van der Waals surface area contributed by atoms with Gasteiger partial charge in [-0.15, -0.1) is 24.0 Å². The minimum Gasteiger partial charge on any atom is -0.489 e. The van der Waals surface area contributed by atoms with Gasteiger partial charge in [0.2, 0.25) is 0 Å². The maximum absolute atomic E-state index is 13.3. The molecule has 3 aromatic rings. The van der Waals surface area contributed by atoms with Gasteiger partial charge in [0.05, 0.1) is 6.54 Å². The molecule has 0 aliphatic carbocycles. The van der Waals surface area contributed by atoms with Crippen LogP contribution in [-0.2, 0) is 13.0 Å². The molecule has 0 amide bonds. The SMILES string of the molecule is CCNC(=NCC(C)Oc1cccc(F)c1)NCCc1nccn1Cc1ccccc1.I. The quantitative estimate of drug-likeness (QED) is 0.225. The van der Waals surface area contributed by atoms with Gasteiger partial charge in [0.25, 0.3) is 0 Å². The highest BCUT2D eigenvalue weighted by atomic mass is 127. The number of imidazole rings is 1. The van der Waals surface area contributed by atoms with Crippen LogP contribution in [-0.4, -0.2) is 41.2 Å². The molecule has 1 aromatic heterocycles. The molecule has 32 heavy (non-hydrogen) atoms. The van der Waals surface area contributed by atoms with E-state index in [1.807, 2.05) is 44.4 Å². The molecule has 0 fully saturated rings. The molecular formula is C24H31FIN5O. The predicted molar refractivity (Wildman–Crippen MR) is 137 cm³/mol. The van der Waals surface area contributed by atoms with Crippen LogP contribution in [0.1, 0.15) is 25.2 Å². The molecule has 1 unspecified atom stereocenters. The van der Waals surface area contributed by atoms with Crippen molar-refractivity contribution in [1.82, 2.24) is 20.2 Å². The zero-order valence-electron chi connectivity index (χ0n) is 18.5. The molecule has 0 bridgehead atoms. The largest absolute Gasteiger partial charge is 0.489 e. The van der Waals surface area contributed by atoms with Gasteiger partial charge >= 0.3 is 0 Å². The molecule has 1 atom stereocenters. The van der Waals surface area contributed by atoms with Crippen molar-refractivity contribution in [2.45, 2.75) is 32.9 Å².